The minimum Gasteiger partial charge on any atom is -0.456 e. The Morgan fingerprint density at radius 3 is 1.45 bits per heavy atom. The van der Waals surface area contributed by atoms with Gasteiger partial charge < -0.3 is 13.6 Å². The van der Waals surface area contributed by atoms with Crippen LogP contribution in [0.3, 0.4) is 0 Å². The Kier molecular flexibility index (Phi) is 9.29. The molecule has 1 atom stereocenters. The number of furan rings is 1. The van der Waals surface area contributed by atoms with Crippen molar-refractivity contribution in [2.75, 3.05) is 0 Å². The van der Waals surface area contributed by atoms with E-state index in [9.17, 15) is 0 Å². The lowest BCUT2D eigenvalue weighted by Gasteiger charge is -2.41. The Bertz CT molecular complexity index is 4710. The van der Waals surface area contributed by atoms with Gasteiger partial charge in [-0.15, -0.1) is 0 Å². The predicted molar refractivity (Wildman–Crippen MR) is 319 cm³/mol. The quantitative estimate of drug-likeness (QED) is 0.155. The molecular formula is C70H44N2OSSi. The van der Waals surface area contributed by atoms with Crippen molar-refractivity contribution in [3.63, 3.8) is 0 Å². The van der Waals surface area contributed by atoms with Crippen molar-refractivity contribution in [1.82, 2.24) is 9.13 Å². The zero-order valence-corrected chi connectivity index (χ0v) is 42.4. The number of hydrogen-bond acceptors (Lipinski definition) is 2. The van der Waals surface area contributed by atoms with Crippen LogP contribution in [-0.4, -0.2) is 17.2 Å². The molecule has 4 heterocycles. The topological polar surface area (TPSA) is 23.0 Å². The van der Waals surface area contributed by atoms with Crippen LogP contribution in [0.25, 0.3) is 110 Å². The first-order chi connectivity index (χ1) is 37.2. The standard InChI is InChI=1S/C70H44N2OSSi/c1-6-26-58-50(17-1)51-18-2-7-27-59(51)71(58)48-43-41-46(42-44-48)45-37-39-47(40-38-45)49-22-14-36-68-70(49)74-64-32-11-12-33-66(64)75(68,67-35-16-25-57-55-21-5-10-31-63(55)73-69(57)67)65-34-15-23-54-56(65)24-13-30-62(54)72-60-28-8-3-19-52(60)53-20-4-9-29-61(53)72/h1-44H. The van der Waals surface area contributed by atoms with Crippen molar-refractivity contribution in [3.8, 4) is 33.6 Å². The van der Waals surface area contributed by atoms with Crippen LogP contribution in [0.2, 0.25) is 0 Å². The number of benzene rings is 12. The number of fused-ring (bicyclic) bond motifs is 12. The summed E-state index contributed by atoms with van der Waals surface area (Å²) in [5, 5.41) is 15.2. The molecule has 0 aliphatic carbocycles. The molecule has 3 aromatic heterocycles. The fourth-order valence-electron chi connectivity index (χ4n) is 12.9. The monoisotopic (exact) mass is 988 g/mol. The largest absolute Gasteiger partial charge is 0.456 e. The van der Waals surface area contributed by atoms with E-state index in [0.29, 0.717) is 0 Å². The molecule has 0 spiro atoms. The van der Waals surface area contributed by atoms with E-state index in [0.717, 1.165) is 27.6 Å². The maximum absolute atomic E-state index is 7.16. The highest BCUT2D eigenvalue weighted by molar-refractivity contribution is 8.00. The van der Waals surface area contributed by atoms with Gasteiger partial charge in [0.05, 0.1) is 27.8 Å². The lowest BCUT2D eigenvalue weighted by atomic mass is 10.00. The van der Waals surface area contributed by atoms with Gasteiger partial charge in [0.25, 0.3) is 0 Å². The summed E-state index contributed by atoms with van der Waals surface area (Å²) < 4.78 is 12.0. The molecule has 3 nitrogen and oxygen atoms in total. The smallest absolute Gasteiger partial charge is 0.186 e. The van der Waals surface area contributed by atoms with Crippen molar-refractivity contribution in [2.24, 2.45) is 0 Å². The molecule has 0 bridgehead atoms. The summed E-state index contributed by atoms with van der Waals surface area (Å²) >= 11 is 1.92. The number of hydrogen-bond donors (Lipinski definition) is 0. The van der Waals surface area contributed by atoms with Gasteiger partial charge in [-0.1, -0.05) is 224 Å². The summed E-state index contributed by atoms with van der Waals surface area (Å²) in [5.74, 6) is 0. The molecule has 1 unspecified atom stereocenters. The average Bonchev–Trinajstić information content (AvgIpc) is 4.17. The van der Waals surface area contributed by atoms with E-state index in [1.807, 2.05) is 11.8 Å². The molecular weight excluding hydrogens is 945 g/mol. The Labute approximate surface area is 438 Å². The molecule has 0 amide bonds. The van der Waals surface area contributed by atoms with Gasteiger partial charge in [-0.2, -0.15) is 0 Å². The second-order valence-electron chi connectivity index (χ2n) is 19.9. The van der Waals surface area contributed by atoms with Gasteiger partial charge in [0.15, 0.2) is 8.07 Å². The van der Waals surface area contributed by atoms with E-state index in [1.54, 1.807) is 0 Å². The van der Waals surface area contributed by atoms with Crippen LogP contribution in [0.5, 0.6) is 0 Å². The van der Waals surface area contributed by atoms with Gasteiger partial charge in [0.1, 0.15) is 11.2 Å². The summed E-state index contributed by atoms with van der Waals surface area (Å²) in [7, 11) is -3.30. The average molecular weight is 989 g/mol. The van der Waals surface area contributed by atoms with Crippen molar-refractivity contribution in [1.29, 1.82) is 0 Å². The second kappa shape index (κ2) is 16.4. The lowest BCUT2D eigenvalue weighted by Crippen LogP contribution is -2.76. The molecule has 16 rings (SSSR count). The van der Waals surface area contributed by atoms with Crippen LogP contribution in [0.1, 0.15) is 0 Å². The van der Waals surface area contributed by atoms with Crippen LogP contribution in [-0.2, 0) is 0 Å². The fourth-order valence-corrected chi connectivity index (χ4v) is 20.3. The van der Waals surface area contributed by atoms with E-state index < -0.39 is 8.07 Å². The van der Waals surface area contributed by atoms with Crippen molar-refractivity contribution < 1.29 is 4.42 Å². The molecule has 0 radical (unpaired) electrons. The van der Waals surface area contributed by atoms with Crippen molar-refractivity contribution >= 4 is 117 Å². The van der Waals surface area contributed by atoms with Gasteiger partial charge >= 0.3 is 0 Å². The highest BCUT2D eigenvalue weighted by atomic mass is 32.2. The lowest BCUT2D eigenvalue weighted by molar-refractivity contribution is 0.671. The molecule has 15 aromatic rings. The fraction of sp³-hybridized carbons (Fsp3) is 0. The third-order valence-corrected chi connectivity index (χ3v) is 22.6. The Morgan fingerprint density at radius 2 is 0.773 bits per heavy atom. The minimum atomic E-state index is -3.30. The normalized spacial score (nSPS) is 14.4. The van der Waals surface area contributed by atoms with E-state index >= 15 is 0 Å². The molecule has 1 aliphatic rings. The van der Waals surface area contributed by atoms with Crippen LogP contribution in [0, 0.1) is 0 Å². The first-order valence-corrected chi connectivity index (χ1v) is 28.6. The van der Waals surface area contributed by atoms with Crippen molar-refractivity contribution in [3.05, 3.63) is 267 Å². The van der Waals surface area contributed by atoms with Gasteiger partial charge in [-0.25, -0.2) is 0 Å². The highest BCUT2D eigenvalue weighted by Crippen LogP contribution is 2.43. The zero-order valence-electron chi connectivity index (χ0n) is 40.6. The van der Waals surface area contributed by atoms with Crippen LogP contribution >= 0.6 is 11.8 Å². The van der Waals surface area contributed by atoms with Crippen LogP contribution in [0.4, 0.5) is 0 Å². The Balaban J connectivity index is 0.904. The summed E-state index contributed by atoms with van der Waals surface area (Å²) in [5.41, 5.74) is 13.8. The number of para-hydroxylation sites is 6. The van der Waals surface area contributed by atoms with E-state index in [2.05, 4.69) is 276 Å². The third-order valence-electron chi connectivity index (χ3n) is 16.1. The maximum atomic E-state index is 7.16. The first-order valence-electron chi connectivity index (χ1n) is 25.7. The van der Waals surface area contributed by atoms with Crippen molar-refractivity contribution in [2.45, 2.75) is 9.79 Å². The molecule has 1 aliphatic heterocycles. The molecule has 0 saturated carbocycles. The molecule has 350 valence electrons. The predicted octanol–water partition coefficient (Wildman–Crippen LogP) is 16.1. The van der Waals surface area contributed by atoms with Crippen LogP contribution < -0.4 is 20.7 Å². The maximum Gasteiger partial charge on any atom is 0.186 e. The van der Waals surface area contributed by atoms with Gasteiger partial charge in [0.2, 0.25) is 0 Å². The number of aromatic nitrogens is 2. The zero-order chi connectivity index (χ0) is 49.2. The second-order valence-corrected chi connectivity index (χ2v) is 24.6. The van der Waals surface area contributed by atoms with E-state index in [1.165, 1.54) is 113 Å². The summed E-state index contributed by atoms with van der Waals surface area (Å²) in [4.78, 5) is 2.59. The molecule has 0 saturated heterocycles. The van der Waals surface area contributed by atoms with Crippen LogP contribution in [0.15, 0.2) is 281 Å². The SMILES string of the molecule is c1ccc2c(c1)Sc1c(-c3ccc(-c4ccc(-n5c6ccccc6c6ccccc65)cc4)cc3)cccc1[Si]2(c1cccc2c(-n3c4ccccc4c4ccccc43)cccc12)c1cccc2c1oc1ccccc12. The number of nitrogens with zero attached hydrogens (tertiary/aromatic N) is 2. The molecule has 12 aromatic carbocycles. The molecule has 75 heavy (non-hydrogen) atoms. The van der Waals surface area contributed by atoms with Gasteiger partial charge in [0, 0.05) is 53.2 Å². The first kappa shape index (κ1) is 42.4. The third kappa shape index (κ3) is 6.11. The summed E-state index contributed by atoms with van der Waals surface area (Å²) in [6, 6.07) is 99.1. The Hall–Kier alpha value is -9.13. The summed E-state index contributed by atoms with van der Waals surface area (Å²) in [6.07, 6.45) is 0. The highest BCUT2D eigenvalue weighted by Gasteiger charge is 2.50. The summed E-state index contributed by atoms with van der Waals surface area (Å²) in [6.45, 7) is 0. The van der Waals surface area contributed by atoms with Gasteiger partial charge in [-0.05, 0) is 103 Å². The Morgan fingerprint density at radius 1 is 0.307 bits per heavy atom. The molecule has 0 fully saturated rings. The minimum absolute atomic E-state index is 0.907. The van der Waals surface area contributed by atoms with E-state index in [-0.39, 0.29) is 0 Å². The number of rotatable bonds is 6. The van der Waals surface area contributed by atoms with Gasteiger partial charge in [-0.3, -0.25) is 0 Å². The molecule has 0 N–H and O–H groups in total. The van der Waals surface area contributed by atoms with E-state index in [4.69, 9.17) is 4.42 Å². The molecule has 5 heteroatoms.